The lowest BCUT2D eigenvalue weighted by Gasteiger charge is -2.25. The summed E-state index contributed by atoms with van der Waals surface area (Å²) in [4.78, 5) is 32.2. The van der Waals surface area contributed by atoms with Crippen LogP contribution >= 0.6 is 22.9 Å². The fourth-order valence-electron chi connectivity index (χ4n) is 4.68. The Morgan fingerprint density at radius 1 is 1.07 bits per heavy atom. The summed E-state index contributed by atoms with van der Waals surface area (Å²) < 4.78 is 38.4. The maximum Gasteiger partial charge on any atom is 0.338 e. The van der Waals surface area contributed by atoms with Crippen molar-refractivity contribution in [1.29, 1.82) is 0 Å². The Morgan fingerprint density at radius 3 is 2.58 bits per heavy atom. The number of rotatable bonds is 10. The molecule has 0 bridgehead atoms. The molecule has 0 radical (unpaired) electrons. The van der Waals surface area contributed by atoms with Crippen LogP contribution in [0.15, 0.2) is 87.8 Å². The highest BCUT2D eigenvalue weighted by Crippen LogP contribution is 2.36. The Labute approximate surface area is 255 Å². The Balaban J connectivity index is 1.62. The lowest BCUT2D eigenvalue weighted by atomic mass is 9.95. The van der Waals surface area contributed by atoms with Crippen LogP contribution in [0.4, 0.5) is 4.39 Å². The van der Waals surface area contributed by atoms with Gasteiger partial charge in [0.2, 0.25) is 0 Å². The standard InChI is InChI=1S/C32H28ClFN2O6S/c1-19-28(31(38)41-15-14-39-2)29(21-12-13-25(26(16-21)40-3)42-18-20-8-5-4-6-9-20)36-30(37)27(43-32(36)35-19)17-22-23(33)10-7-11-24(22)34/h4-13,16-17,29H,14-15,18H2,1-3H3. The number of carbonyl (C=O) groups is 1. The highest BCUT2D eigenvalue weighted by Gasteiger charge is 2.34. The van der Waals surface area contributed by atoms with E-state index in [4.69, 9.17) is 30.5 Å². The third-order valence-electron chi connectivity index (χ3n) is 6.78. The average Bonchev–Trinajstić information content (AvgIpc) is 3.31. The number of fused-ring (bicyclic) bond motifs is 1. The second-order valence-electron chi connectivity index (χ2n) is 9.53. The van der Waals surface area contributed by atoms with Crippen molar-refractivity contribution in [1.82, 2.24) is 4.57 Å². The van der Waals surface area contributed by atoms with E-state index in [1.807, 2.05) is 30.3 Å². The highest BCUT2D eigenvalue weighted by molar-refractivity contribution is 7.07. The van der Waals surface area contributed by atoms with Crippen molar-refractivity contribution in [3.05, 3.63) is 125 Å². The molecule has 222 valence electrons. The van der Waals surface area contributed by atoms with Crippen LogP contribution in [-0.4, -0.2) is 38.0 Å². The molecule has 1 unspecified atom stereocenters. The van der Waals surface area contributed by atoms with Crippen LogP contribution in [0.1, 0.15) is 29.7 Å². The van der Waals surface area contributed by atoms with E-state index in [0.29, 0.717) is 34.2 Å². The number of ether oxygens (including phenoxy) is 4. The first kappa shape index (κ1) is 30.2. The lowest BCUT2D eigenvalue weighted by molar-refractivity contribution is -0.140. The van der Waals surface area contributed by atoms with Gasteiger partial charge in [0.25, 0.3) is 5.56 Å². The van der Waals surface area contributed by atoms with Gasteiger partial charge in [-0.1, -0.05) is 65.4 Å². The van der Waals surface area contributed by atoms with Gasteiger partial charge < -0.3 is 18.9 Å². The van der Waals surface area contributed by atoms with Gasteiger partial charge in [-0.05, 0) is 48.4 Å². The summed E-state index contributed by atoms with van der Waals surface area (Å²) in [6.45, 7) is 2.22. The minimum absolute atomic E-state index is 0.0185. The zero-order valence-corrected chi connectivity index (χ0v) is 25.2. The molecule has 11 heteroatoms. The molecule has 0 aliphatic carbocycles. The first-order chi connectivity index (χ1) is 20.8. The van der Waals surface area contributed by atoms with Gasteiger partial charge in [-0.15, -0.1) is 0 Å². The van der Waals surface area contributed by atoms with E-state index in [1.165, 1.54) is 37.0 Å². The van der Waals surface area contributed by atoms with Gasteiger partial charge in [0.05, 0.1) is 40.6 Å². The number of hydrogen-bond acceptors (Lipinski definition) is 8. The lowest BCUT2D eigenvalue weighted by Crippen LogP contribution is -2.40. The molecular formula is C32H28ClFN2O6S. The minimum Gasteiger partial charge on any atom is -0.493 e. The van der Waals surface area contributed by atoms with E-state index in [9.17, 15) is 14.0 Å². The van der Waals surface area contributed by atoms with E-state index in [0.717, 1.165) is 16.9 Å². The van der Waals surface area contributed by atoms with Crippen LogP contribution in [0, 0.1) is 5.82 Å². The highest BCUT2D eigenvalue weighted by atomic mass is 35.5. The van der Waals surface area contributed by atoms with Crippen molar-refractivity contribution in [2.45, 2.75) is 19.6 Å². The van der Waals surface area contributed by atoms with Gasteiger partial charge in [-0.3, -0.25) is 9.36 Å². The molecule has 4 aromatic rings. The van der Waals surface area contributed by atoms with Gasteiger partial charge in [0, 0.05) is 12.7 Å². The van der Waals surface area contributed by atoms with Gasteiger partial charge in [0.1, 0.15) is 19.0 Å². The maximum absolute atomic E-state index is 14.6. The molecule has 3 aromatic carbocycles. The van der Waals surface area contributed by atoms with Crippen LogP contribution in [-0.2, 0) is 20.9 Å². The molecule has 2 heterocycles. The van der Waals surface area contributed by atoms with Crippen molar-refractivity contribution < 1.29 is 28.1 Å². The maximum atomic E-state index is 14.6. The summed E-state index contributed by atoms with van der Waals surface area (Å²) in [6.07, 6.45) is 1.40. The SMILES string of the molecule is COCCOC(=O)C1=C(C)N=c2sc(=Cc3c(F)cccc3Cl)c(=O)n2C1c1ccc(OCc2ccccc2)c(OC)c1. The summed E-state index contributed by atoms with van der Waals surface area (Å²) in [7, 11) is 3.01. The van der Waals surface area contributed by atoms with Gasteiger partial charge in [0.15, 0.2) is 16.3 Å². The normalized spacial score (nSPS) is 14.7. The van der Waals surface area contributed by atoms with Gasteiger partial charge >= 0.3 is 5.97 Å². The number of aromatic nitrogens is 1. The summed E-state index contributed by atoms with van der Waals surface area (Å²) in [5, 5.41) is 0.164. The summed E-state index contributed by atoms with van der Waals surface area (Å²) in [5.74, 6) is -0.306. The van der Waals surface area contributed by atoms with Crippen LogP contribution in [0.25, 0.3) is 6.08 Å². The Hall–Kier alpha value is -4.25. The smallest absolute Gasteiger partial charge is 0.338 e. The molecular weight excluding hydrogens is 595 g/mol. The first-order valence-electron chi connectivity index (χ1n) is 13.3. The number of nitrogens with zero attached hydrogens (tertiary/aromatic N) is 2. The Bertz CT molecular complexity index is 1850. The monoisotopic (exact) mass is 622 g/mol. The van der Waals surface area contributed by atoms with Crippen molar-refractivity contribution in [3.63, 3.8) is 0 Å². The van der Waals surface area contributed by atoms with E-state index in [2.05, 4.69) is 4.99 Å². The second-order valence-corrected chi connectivity index (χ2v) is 10.9. The molecule has 0 saturated heterocycles. The molecule has 1 aliphatic heterocycles. The molecule has 43 heavy (non-hydrogen) atoms. The summed E-state index contributed by atoms with van der Waals surface area (Å²) in [5.41, 5.74) is 1.73. The average molecular weight is 623 g/mol. The molecule has 0 spiro atoms. The topological polar surface area (TPSA) is 88.4 Å². The first-order valence-corrected chi connectivity index (χ1v) is 14.5. The summed E-state index contributed by atoms with van der Waals surface area (Å²) in [6, 6.07) is 18.3. The zero-order valence-electron chi connectivity index (χ0n) is 23.6. The number of allylic oxidation sites excluding steroid dienone is 1. The van der Waals surface area contributed by atoms with Gasteiger partial charge in [-0.25, -0.2) is 14.2 Å². The van der Waals surface area contributed by atoms with Crippen molar-refractivity contribution in [2.24, 2.45) is 4.99 Å². The zero-order chi connectivity index (χ0) is 30.5. The second kappa shape index (κ2) is 13.4. The number of methoxy groups -OCH3 is 2. The molecule has 8 nitrogen and oxygen atoms in total. The number of esters is 1. The molecule has 0 fully saturated rings. The third-order valence-corrected chi connectivity index (χ3v) is 8.09. The van der Waals surface area contributed by atoms with E-state index in [1.54, 1.807) is 31.2 Å². The number of halogens is 2. The van der Waals surface area contributed by atoms with Crippen molar-refractivity contribution >= 4 is 35.0 Å². The van der Waals surface area contributed by atoms with E-state index in [-0.39, 0.29) is 33.9 Å². The Morgan fingerprint density at radius 2 is 1.86 bits per heavy atom. The van der Waals surface area contributed by atoms with Crippen molar-refractivity contribution in [3.8, 4) is 11.5 Å². The molecule has 0 amide bonds. The van der Waals surface area contributed by atoms with E-state index >= 15 is 0 Å². The third kappa shape index (κ3) is 6.41. The fourth-order valence-corrected chi connectivity index (χ4v) is 5.93. The van der Waals surface area contributed by atoms with Crippen molar-refractivity contribution in [2.75, 3.05) is 27.4 Å². The molecule has 0 saturated carbocycles. The number of thiazole rings is 1. The largest absolute Gasteiger partial charge is 0.493 e. The van der Waals surface area contributed by atoms with Crippen LogP contribution < -0.4 is 24.4 Å². The van der Waals surface area contributed by atoms with Crippen LogP contribution in [0.5, 0.6) is 11.5 Å². The fraction of sp³-hybridized carbons (Fsp3) is 0.219. The number of benzene rings is 3. The predicted octanol–water partition coefficient (Wildman–Crippen LogP) is 4.80. The summed E-state index contributed by atoms with van der Waals surface area (Å²) >= 11 is 7.31. The number of hydrogen-bond donors (Lipinski definition) is 0. The predicted molar refractivity (Wildman–Crippen MR) is 162 cm³/mol. The molecule has 5 rings (SSSR count). The quantitative estimate of drug-likeness (QED) is 0.186. The molecule has 1 atom stereocenters. The molecule has 1 aliphatic rings. The Kier molecular flexibility index (Phi) is 9.40. The molecule has 0 N–H and O–H groups in total. The van der Waals surface area contributed by atoms with Gasteiger partial charge in [-0.2, -0.15) is 0 Å². The molecule has 1 aromatic heterocycles. The minimum atomic E-state index is -0.915. The van der Waals surface area contributed by atoms with Crippen LogP contribution in [0.2, 0.25) is 5.02 Å². The van der Waals surface area contributed by atoms with Crippen LogP contribution in [0.3, 0.4) is 0 Å². The number of carbonyl (C=O) groups excluding carboxylic acids is 1. The van der Waals surface area contributed by atoms with E-state index < -0.39 is 23.4 Å².